The minimum atomic E-state index is -4.50. The molecule has 2 rings (SSSR count). The van der Waals surface area contributed by atoms with E-state index in [-0.39, 0.29) is 16.2 Å². The highest BCUT2D eigenvalue weighted by Gasteiger charge is 2.32. The van der Waals surface area contributed by atoms with E-state index in [0.717, 1.165) is 23.0 Å². The predicted molar refractivity (Wildman–Crippen MR) is 64.4 cm³/mol. The number of rotatable bonds is 2. The maximum absolute atomic E-state index is 13.1. The first-order valence-electron chi connectivity index (χ1n) is 5.00. The molecule has 0 atom stereocenters. The zero-order valence-electron chi connectivity index (χ0n) is 9.28. The van der Waals surface area contributed by atoms with Gasteiger partial charge in [-0.05, 0) is 18.2 Å². The highest BCUT2D eigenvalue weighted by Crippen LogP contribution is 2.29. The minimum absolute atomic E-state index is 0.117. The summed E-state index contributed by atoms with van der Waals surface area (Å²) in [5.41, 5.74) is 4.81. The van der Waals surface area contributed by atoms with Crippen LogP contribution >= 0.6 is 12.2 Å². The van der Waals surface area contributed by atoms with E-state index in [9.17, 15) is 17.6 Å². The van der Waals surface area contributed by atoms with Crippen LogP contribution in [0.2, 0.25) is 0 Å². The number of nitrogens with zero attached hydrogens (tertiary/aromatic N) is 2. The number of aromatic nitrogens is 2. The molecule has 0 fully saturated rings. The maximum Gasteiger partial charge on any atom is 0.419 e. The second-order valence-electron chi connectivity index (χ2n) is 3.70. The van der Waals surface area contributed by atoms with Crippen molar-refractivity contribution in [1.29, 1.82) is 0 Å². The van der Waals surface area contributed by atoms with Crippen LogP contribution in [0.25, 0.3) is 5.69 Å². The molecule has 0 aliphatic carbocycles. The van der Waals surface area contributed by atoms with Gasteiger partial charge >= 0.3 is 6.18 Å². The van der Waals surface area contributed by atoms with Gasteiger partial charge in [-0.25, -0.2) is 9.07 Å². The first-order chi connectivity index (χ1) is 8.79. The summed E-state index contributed by atoms with van der Waals surface area (Å²) in [7, 11) is 0. The van der Waals surface area contributed by atoms with Crippen molar-refractivity contribution in [1.82, 2.24) is 9.78 Å². The average Bonchev–Trinajstić information content (AvgIpc) is 2.77. The third kappa shape index (κ3) is 2.73. The molecule has 8 heteroatoms. The Hall–Kier alpha value is -1.96. The van der Waals surface area contributed by atoms with E-state index >= 15 is 0 Å². The normalized spacial score (nSPS) is 11.6. The number of hydrogen-bond acceptors (Lipinski definition) is 2. The molecule has 0 amide bonds. The second kappa shape index (κ2) is 4.61. The molecule has 0 spiro atoms. The molecule has 0 radical (unpaired) electrons. The Bertz CT molecular complexity index is 633. The molecule has 0 unspecified atom stereocenters. The molecular formula is C11H7F4N3S. The largest absolute Gasteiger partial charge is 0.419 e. The summed E-state index contributed by atoms with van der Waals surface area (Å²) in [4.78, 5) is -0.126. The predicted octanol–water partition coefficient (Wildman–Crippen LogP) is 2.66. The van der Waals surface area contributed by atoms with Crippen molar-refractivity contribution in [3.05, 3.63) is 47.5 Å². The van der Waals surface area contributed by atoms with E-state index < -0.39 is 17.6 Å². The standard InChI is InChI=1S/C11H7F4N3S/c12-7-1-2-9(8(3-7)10(16)19)18-5-6(4-17-18)11(13,14)15/h1-5H,(H2,16,19). The van der Waals surface area contributed by atoms with Crippen molar-refractivity contribution in [2.75, 3.05) is 0 Å². The summed E-state index contributed by atoms with van der Waals surface area (Å²) in [5.74, 6) is -0.588. The van der Waals surface area contributed by atoms with Crippen LogP contribution in [0.4, 0.5) is 17.6 Å². The molecule has 0 aliphatic rings. The van der Waals surface area contributed by atoms with Gasteiger partial charge < -0.3 is 5.73 Å². The SMILES string of the molecule is NC(=S)c1cc(F)ccc1-n1cc(C(F)(F)F)cn1. The molecule has 0 bridgehead atoms. The van der Waals surface area contributed by atoms with Gasteiger partial charge in [0.15, 0.2) is 0 Å². The molecule has 100 valence electrons. The van der Waals surface area contributed by atoms with Gasteiger partial charge in [0.25, 0.3) is 0 Å². The van der Waals surface area contributed by atoms with Crippen LogP contribution in [0.15, 0.2) is 30.6 Å². The lowest BCUT2D eigenvalue weighted by Gasteiger charge is -2.08. The third-order valence-corrected chi connectivity index (χ3v) is 2.60. The Morgan fingerprint density at radius 2 is 2.00 bits per heavy atom. The molecule has 19 heavy (non-hydrogen) atoms. The lowest BCUT2D eigenvalue weighted by atomic mass is 10.1. The molecule has 1 aromatic carbocycles. The van der Waals surface area contributed by atoms with Gasteiger partial charge in [-0.3, -0.25) is 0 Å². The van der Waals surface area contributed by atoms with E-state index in [1.54, 1.807) is 0 Å². The van der Waals surface area contributed by atoms with Crippen LogP contribution in [-0.4, -0.2) is 14.8 Å². The van der Waals surface area contributed by atoms with Gasteiger partial charge in [0, 0.05) is 11.8 Å². The van der Waals surface area contributed by atoms with Gasteiger partial charge in [-0.1, -0.05) is 12.2 Å². The molecule has 0 saturated heterocycles. The molecule has 1 aromatic heterocycles. The zero-order chi connectivity index (χ0) is 14.2. The highest BCUT2D eigenvalue weighted by atomic mass is 32.1. The van der Waals surface area contributed by atoms with Crippen molar-refractivity contribution < 1.29 is 17.6 Å². The van der Waals surface area contributed by atoms with Crippen molar-refractivity contribution in [2.45, 2.75) is 6.18 Å². The number of halogens is 4. The van der Waals surface area contributed by atoms with Crippen molar-refractivity contribution in [3.8, 4) is 5.69 Å². The summed E-state index contributed by atoms with van der Waals surface area (Å²) >= 11 is 4.74. The fraction of sp³-hybridized carbons (Fsp3) is 0.0909. The molecule has 3 nitrogen and oxygen atoms in total. The number of thiocarbonyl (C=S) groups is 1. The topological polar surface area (TPSA) is 43.8 Å². The van der Waals surface area contributed by atoms with E-state index in [4.69, 9.17) is 18.0 Å². The number of alkyl halides is 3. The summed E-state index contributed by atoms with van der Waals surface area (Å²) in [6, 6.07) is 3.40. The van der Waals surface area contributed by atoms with Crippen LogP contribution in [0, 0.1) is 5.82 Å². The van der Waals surface area contributed by atoms with E-state index in [1.807, 2.05) is 0 Å². The van der Waals surface area contributed by atoms with Gasteiger partial charge in [0.05, 0.1) is 17.4 Å². The second-order valence-corrected chi connectivity index (χ2v) is 4.14. The minimum Gasteiger partial charge on any atom is -0.389 e. The molecule has 0 aliphatic heterocycles. The summed E-state index contributed by atoms with van der Waals surface area (Å²) in [6.07, 6.45) is -3.04. The van der Waals surface area contributed by atoms with Crippen LogP contribution in [0.5, 0.6) is 0 Å². The fourth-order valence-electron chi connectivity index (χ4n) is 1.51. The number of nitrogens with two attached hydrogens (primary N) is 1. The third-order valence-electron chi connectivity index (χ3n) is 2.38. The number of hydrogen-bond donors (Lipinski definition) is 1. The van der Waals surface area contributed by atoms with Crippen LogP contribution < -0.4 is 5.73 Å². The monoisotopic (exact) mass is 289 g/mol. The van der Waals surface area contributed by atoms with Gasteiger partial charge in [-0.15, -0.1) is 0 Å². The average molecular weight is 289 g/mol. The van der Waals surface area contributed by atoms with Crippen molar-refractivity contribution in [3.63, 3.8) is 0 Å². The van der Waals surface area contributed by atoms with Gasteiger partial charge in [0.2, 0.25) is 0 Å². The van der Waals surface area contributed by atoms with Gasteiger partial charge in [0.1, 0.15) is 10.8 Å². The first kappa shape index (κ1) is 13.5. The van der Waals surface area contributed by atoms with Crippen LogP contribution in [0.1, 0.15) is 11.1 Å². The van der Waals surface area contributed by atoms with E-state index in [1.165, 1.54) is 6.07 Å². The number of benzene rings is 1. The summed E-state index contributed by atoms with van der Waals surface area (Å²) in [6.45, 7) is 0. The molecular weight excluding hydrogens is 282 g/mol. The lowest BCUT2D eigenvalue weighted by molar-refractivity contribution is -0.137. The Labute approximate surface area is 110 Å². The van der Waals surface area contributed by atoms with Crippen molar-refractivity contribution >= 4 is 17.2 Å². The van der Waals surface area contributed by atoms with Crippen LogP contribution in [-0.2, 0) is 6.18 Å². The molecule has 2 aromatic rings. The maximum atomic E-state index is 13.1. The van der Waals surface area contributed by atoms with E-state index in [0.29, 0.717) is 6.20 Å². The van der Waals surface area contributed by atoms with Crippen molar-refractivity contribution in [2.24, 2.45) is 5.73 Å². The Morgan fingerprint density at radius 1 is 1.32 bits per heavy atom. The van der Waals surface area contributed by atoms with Gasteiger partial charge in [-0.2, -0.15) is 18.3 Å². The molecule has 0 saturated carbocycles. The Kier molecular flexibility index (Phi) is 3.27. The molecule has 2 N–H and O–H groups in total. The lowest BCUT2D eigenvalue weighted by Crippen LogP contribution is -2.14. The quantitative estimate of drug-likeness (QED) is 0.683. The Morgan fingerprint density at radius 3 is 2.53 bits per heavy atom. The van der Waals surface area contributed by atoms with Crippen LogP contribution in [0.3, 0.4) is 0 Å². The van der Waals surface area contributed by atoms with E-state index in [2.05, 4.69) is 5.10 Å². The molecule has 1 heterocycles. The fourth-order valence-corrected chi connectivity index (χ4v) is 1.67. The smallest absolute Gasteiger partial charge is 0.389 e. The Balaban J connectivity index is 2.53. The summed E-state index contributed by atoms with van der Waals surface area (Å²) < 4.78 is 51.5. The summed E-state index contributed by atoms with van der Waals surface area (Å²) in [5, 5.41) is 3.58. The zero-order valence-corrected chi connectivity index (χ0v) is 10.1. The highest BCUT2D eigenvalue weighted by molar-refractivity contribution is 7.80. The first-order valence-corrected chi connectivity index (χ1v) is 5.41.